The lowest BCUT2D eigenvalue weighted by atomic mass is 10.0. The first-order chi connectivity index (χ1) is 13.5. The summed E-state index contributed by atoms with van der Waals surface area (Å²) in [5.74, 6) is -0.507. The van der Waals surface area contributed by atoms with E-state index in [4.69, 9.17) is 4.74 Å². The Balaban J connectivity index is 2.09. The number of H-pyrrole nitrogens is 1. The summed E-state index contributed by atoms with van der Waals surface area (Å²) in [6.45, 7) is 8.74. The number of aromatic amines is 1. The summed E-state index contributed by atoms with van der Waals surface area (Å²) in [6.07, 6.45) is 1.68. The molecule has 0 radical (unpaired) electrons. The number of alkyl carbamates (subject to hydrolysis) is 1. The Morgan fingerprint density at radius 1 is 1.24 bits per heavy atom. The van der Waals surface area contributed by atoms with Crippen LogP contribution in [0.4, 0.5) is 4.79 Å². The van der Waals surface area contributed by atoms with Crippen LogP contribution in [0.15, 0.2) is 28.9 Å². The van der Waals surface area contributed by atoms with Crippen molar-refractivity contribution in [2.75, 3.05) is 6.61 Å². The Morgan fingerprint density at radius 2 is 1.93 bits per heavy atom. The van der Waals surface area contributed by atoms with E-state index in [9.17, 15) is 14.7 Å². The van der Waals surface area contributed by atoms with Gasteiger partial charge < -0.3 is 25.5 Å². The van der Waals surface area contributed by atoms with Gasteiger partial charge in [0.05, 0.1) is 12.6 Å². The van der Waals surface area contributed by atoms with Crippen LogP contribution < -0.4 is 10.6 Å². The molecule has 0 spiro atoms. The van der Waals surface area contributed by atoms with E-state index in [0.717, 1.165) is 20.9 Å². The summed E-state index contributed by atoms with van der Waals surface area (Å²) >= 11 is 3.55. The molecular weight excluding hydrogens is 438 g/mol. The zero-order valence-electron chi connectivity index (χ0n) is 17.5. The lowest BCUT2D eigenvalue weighted by Gasteiger charge is -2.26. The first-order valence-corrected chi connectivity index (χ1v) is 10.5. The average Bonchev–Trinajstić information content (AvgIpc) is 3.01. The van der Waals surface area contributed by atoms with Gasteiger partial charge in [-0.05, 0) is 50.8 Å². The number of aliphatic hydroxyl groups excluding tert-OH is 1. The molecule has 2 rings (SSSR count). The van der Waals surface area contributed by atoms with E-state index in [1.165, 1.54) is 0 Å². The highest BCUT2D eigenvalue weighted by Gasteiger charge is 2.28. The number of fused-ring (bicyclic) bond motifs is 1. The third-order valence-electron chi connectivity index (χ3n) is 4.39. The fraction of sp³-hybridized carbons (Fsp3) is 0.524. The zero-order chi connectivity index (χ0) is 21.8. The minimum absolute atomic E-state index is 0.149. The predicted molar refractivity (Wildman–Crippen MR) is 117 cm³/mol. The minimum atomic E-state index is -0.770. The number of aliphatic hydroxyl groups is 1. The van der Waals surface area contributed by atoms with Gasteiger partial charge in [0, 0.05) is 21.6 Å². The number of carbonyl (C=O) groups is 2. The molecule has 0 aliphatic rings. The quantitative estimate of drug-likeness (QED) is 0.500. The Morgan fingerprint density at radius 3 is 2.52 bits per heavy atom. The molecule has 0 saturated carbocycles. The van der Waals surface area contributed by atoms with Crippen LogP contribution in [-0.2, 0) is 16.0 Å². The van der Waals surface area contributed by atoms with Gasteiger partial charge in [0.25, 0.3) is 0 Å². The molecule has 0 aliphatic heterocycles. The van der Waals surface area contributed by atoms with Crippen molar-refractivity contribution in [1.82, 2.24) is 15.6 Å². The van der Waals surface area contributed by atoms with Crippen LogP contribution in [0.3, 0.4) is 0 Å². The van der Waals surface area contributed by atoms with E-state index in [2.05, 4.69) is 31.5 Å². The van der Waals surface area contributed by atoms with Gasteiger partial charge in [0.15, 0.2) is 0 Å². The second kappa shape index (κ2) is 9.63. The van der Waals surface area contributed by atoms with Gasteiger partial charge in [-0.1, -0.05) is 35.8 Å². The number of hydrogen-bond acceptors (Lipinski definition) is 4. The number of benzene rings is 1. The highest BCUT2D eigenvalue weighted by atomic mass is 79.9. The third kappa shape index (κ3) is 6.47. The molecule has 29 heavy (non-hydrogen) atoms. The van der Waals surface area contributed by atoms with Crippen molar-refractivity contribution in [1.29, 1.82) is 0 Å². The molecule has 4 N–H and O–H groups in total. The van der Waals surface area contributed by atoms with Gasteiger partial charge >= 0.3 is 6.09 Å². The maximum Gasteiger partial charge on any atom is 0.408 e. The smallest absolute Gasteiger partial charge is 0.408 e. The molecule has 8 heteroatoms. The number of nitrogens with one attached hydrogen (secondary N) is 3. The van der Waals surface area contributed by atoms with Gasteiger partial charge in [-0.15, -0.1) is 0 Å². The second-order valence-corrected chi connectivity index (χ2v) is 9.29. The first kappa shape index (κ1) is 23.2. The number of amides is 2. The van der Waals surface area contributed by atoms with Crippen LogP contribution in [0.1, 0.15) is 40.2 Å². The summed E-state index contributed by atoms with van der Waals surface area (Å²) in [7, 11) is 0. The standard InChI is InChI=1S/C21H30BrN3O4/c1-12(2)18(25-20(28)29-21(3,4)5)19(27)24-14(11-26)9-13-10-23-16-8-6-7-15(22)17(13)16/h6-8,10,12,14,18,23,26H,9,11H2,1-5H3,(H,24,27)(H,25,28)/t14?,18-/m1/s1. The molecule has 2 aromatic rings. The molecule has 7 nitrogen and oxygen atoms in total. The number of halogens is 1. The van der Waals surface area contributed by atoms with Gasteiger partial charge in [-0.25, -0.2) is 4.79 Å². The number of hydrogen-bond donors (Lipinski definition) is 4. The Labute approximate surface area is 179 Å². The summed E-state index contributed by atoms with van der Waals surface area (Å²) in [4.78, 5) is 28.1. The van der Waals surface area contributed by atoms with E-state index < -0.39 is 23.8 Å². The largest absolute Gasteiger partial charge is 0.444 e. The summed E-state index contributed by atoms with van der Waals surface area (Å²) < 4.78 is 6.20. The summed E-state index contributed by atoms with van der Waals surface area (Å²) in [5.41, 5.74) is 1.30. The van der Waals surface area contributed by atoms with Crippen LogP contribution in [0.2, 0.25) is 0 Å². The van der Waals surface area contributed by atoms with E-state index in [0.29, 0.717) is 6.42 Å². The monoisotopic (exact) mass is 467 g/mol. The zero-order valence-corrected chi connectivity index (χ0v) is 19.1. The number of carbonyl (C=O) groups excluding carboxylic acids is 2. The van der Waals surface area contributed by atoms with E-state index in [-0.39, 0.29) is 18.4 Å². The molecule has 1 unspecified atom stereocenters. The average molecular weight is 468 g/mol. The Hall–Kier alpha value is -2.06. The van der Waals surface area contributed by atoms with Crippen molar-refractivity contribution in [2.45, 2.75) is 58.7 Å². The molecule has 0 fully saturated rings. The molecule has 1 aromatic carbocycles. The number of aromatic nitrogens is 1. The molecule has 0 bridgehead atoms. The second-order valence-electron chi connectivity index (χ2n) is 8.44. The van der Waals surface area contributed by atoms with Crippen molar-refractivity contribution in [3.8, 4) is 0 Å². The van der Waals surface area contributed by atoms with Crippen LogP contribution in [0.5, 0.6) is 0 Å². The number of rotatable bonds is 7. The van der Waals surface area contributed by atoms with Crippen LogP contribution >= 0.6 is 15.9 Å². The van der Waals surface area contributed by atoms with Gasteiger partial charge in [0.2, 0.25) is 5.91 Å². The van der Waals surface area contributed by atoms with Crippen LogP contribution in [-0.4, -0.2) is 46.4 Å². The lowest BCUT2D eigenvalue weighted by Crippen LogP contribution is -2.54. The molecule has 2 atom stereocenters. The Bertz CT molecular complexity index is 857. The highest BCUT2D eigenvalue weighted by molar-refractivity contribution is 9.10. The normalized spacial score (nSPS) is 13.9. The first-order valence-electron chi connectivity index (χ1n) is 9.67. The molecule has 160 valence electrons. The molecule has 0 saturated heterocycles. The van der Waals surface area contributed by atoms with Crippen molar-refractivity contribution >= 4 is 38.8 Å². The predicted octanol–water partition coefficient (Wildman–Crippen LogP) is 3.50. The minimum Gasteiger partial charge on any atom is -0.444 e. The van der Waals surface area contributed by atoms with E-state index >= 15 is 0 Å². The van der Waals surface area contributed by atoms with E-state index in [1.807, 2.05) is 38.2 Å². The van der Waals surface area contributed by atoms with E-state index in [1.54, 1.807) is 20.8 Å². The maximum absolute atomic E-state index is 12.8. The van der Waals surface area contributed by atoms with Crippen molar-refractivity contribution < 1.29 is 19.4 Å². The van der Waals surface area contributed by atoms with Crippen molar-refractivity contribution in [3.63, 3.8) is 0 Å². The van der Waals surface area contributed by atoms with Crippen molar-refractivity contribution in [3.05, 3.63) is 34.4 Å². The van der Waals surface area contributed by atoms with Crippen molar-refractivity contribution in [2.24, 2.45) is 5.92 Å². The highest BCUT2D eigenvalue weighted by Crippen LogP contribution is 2.27. The summed E-state index contributed by atoms with van der Waals surface area (Å²) in [6, 6.07) is 4.60. The molecule has 0 aliphatic carbocycles. The van der Waals surface area contributed by atoms with Crippen LogP contribution in [0, 0.1) is 5.92 Å². The SMILES string of the molecule is CC(C)[C@@H](NC(=O)OC(C)(C)C)C(=O)NC(CO)Cc1c[nH]c2cccc(Br)c12. The fourth-order valence-corrected chi connectivity index (χ4v) is 3.68. The fourth-order valence-electron chi connectivity index (χ4n) is 3.06. The molecular formula is C21H30BrN3O4. The van der Waals surface area contributed by atoms with Crippen LogP contribution in [0.25, 0.3) is 10.9 Å². The number of ether oxygens (including phenoxy) is 1. The molecule has 1 aromatic heterocycles. The van der Waals surface area contributed by atoms with Gasteiger partial charge in [-0.2, -0.15) is 0 Å². The lowest BCUT2D eigenvalue weighted by molar-refractivity contribution is -0.125. The topological polar surface area (TPSA) is 103 Å². The molecule has 2 amide bonds. The maximum atomic E-state index is 12.8. The Kier molecular flexibility index (Phi) is 7.71. The third-order valence-corrected chi connectivity index (χ3v) is 5.05. The summed E-state index contributed by atoms with van der Waals surface area (Å²) in [5, 5.41) is 16.3. The van der Waals surface area contributed by atoms with Gasteiger partial charge in [-0.3, -0.25) is 4.79 Å². The molecule has 1 heterocycles. The van der Waals surface area contributed by atoms with Gasteiger partial charge in [0.1, 0.15) is 11.6 Å².